The molecule has 1 aromatic heterocycles. The Hall–Kier alpha value is -3.24. The summed E-state index contributed by atoms with van der Waals surface area (Å²) in [6.07, 6.45) is 0.373. The zero-order chi connectivity index (χ0) is 24.6. The first-order chi connectivity index (χ1) is 16.3. The smallest absolute Gasteiger partial charge is 0.267 e. The van der Waals surface area contributed by atoms with Crippen LogP contribution in [0.15, 0.2) is 51.1 Å². The first-order valence-corrected chi connectivity index (χ1v) is 11.7. The van der Waals surface area contributed by atoms with E-state index >= 15 is 0 Å². The van der Waals surface area contributed by atoms with Gasteiger partial charge in [0.1, 0.15) is 5.56 Å². The number of aromatic nitrogens is 2. The van der Waals surface area contributed by atoms with Crippen LogP contribution in [0, 0.1) is 4.77 Å². The van der Waals surface area contributed by atoms with Gasteiger partial charge < -0.3 is 19.3 Å². The van der Waals surface area contributed by atoms with Gasteiger partial charge in [0.2, 0.25) is 11.6 Å². The Morgan fingerprint density at radius 1 is 1.06 bits per heavy atom. The molecular weight excluding hydrogens is 474 g/mol. The van der Waals surface area contributed by atoms with Gasteiger partial charge in [-0.05, 0) is 42.0 Å². The number of hydrogen-bond donors (Lipinski definition) is 1. The van der Waals surface area contributed by atoms with E-state index in [4.69, 9.17) is 31.4 Å². The normalized spacial score (nSPS) is 15.2. The van der Waals surface area contributed by atoms with Crippen molar-refractivity contribution in [3.05, 3.63) is 62.6 Å². The van der Waals surface area contributed by atoms with Crippen molar-refractivity contribution in [2.24, 2.45) is 19.1 Å². The second-order valence-corrected chi connectivity index (χ2v) is 9.31. The van der Waals surface area contributed by atoms with E-state index in [2.05, 4.69) is 0 Å². The number of methoxy groups -OCH3 is 3. The van der Waals surface area contributed by atoms with Gasteiger partial charge >= 0.3 is 0 Å². The topological polar surface area (TPSA) is 87.2 Å². The van der Waals surface area contributed by atoms with Gasteiger partial charge in [-0.25, -0.2) is 0 Å². The van der Waals surface area contributed by atoms with E-state index in [1.165, 1.54) is 9.13 Å². The van der Waals surface area contributed by atoms with Crippen LogP contribution in [-0.2, 0) is 14.1 Å². The molecule has 1 aliphatic rings. The fourth-order valence-corrected chi connectivity index (χ4v) is 5.31. The minimum atomic E-state index is -0.396. The summed E-state index contributed by atoms with van der Waals surface area (Å²) < 4.78 is 19.5. The lowest BCUT2D eigenvalue weighted by molar-refractivity contribution is 0.324. The molecule has 0 spiro atoms. The number of aromatic hydroxyl groups is 1. The molecule has 0 aliphatic carbocycles. The molecule has 1 atom stereocenters. The van der Waals surface area contributed by atoms with Gasteiger partial charge in [-0.2, -0.15) is 0 Å². The molecule has 1 aliphatic heterocycles. The summed E-state index contributed by atoms with van der Waals surface area (Å²) in [6, 6.07) is 11.5. The maximum Gasteiger partial charge on any atom is 0.267 e. The first-order valence-electron chi connectivity index (χ1n) is 10.4. The van der Waals surface area contributed by atoms with Crippen LogP contribution in [0.1, 0.15) is 22.8 Å². The fourth-order valence-electron chi connectivity index (χ4n) is 3.93. The van der Waals surface area contributed by atoms with E-state index in [9.17, 15) is 9.90 Å². The SMILES string of the molecule is COc1cc(C2CC(c3c(O)n(C)c(=S)n(C)c3=O)=Nc3ccccc3S2)cc(OC)c1OC. The number of thioether (sulfide) groups is 1. The third kappa shape index (κ3) is 4.07. The van der Waals surface area contributed by atoms with E-state index < -0.39 is 5.56 Å². The molecule has 0 fully saturated rings. The number of fused-ring (bicyclic) bond motifs is 1. The molecule has 0 saturated carbocycles. The predicted octanol–water partition coefficient (Wildman–Crippen LogP) is 4.54. The molecule has 34 heavy (non-hydrogen) atoms. The van der Waals surface area contributed by atoms with E-state index in [0.717, 1.165) is 16.1 Å². The molecule has 1 N–H and O–H groups in total. The Bertz CT molecular complexity index is 1390. The Morgan fingerprint density at radius 3 is 2.32 bits per heavy atom. The van der Waals surface area contributed by atoms with Gasteiger partial charge in [-0.1, -0.05) is 12.1 Å². The third-order valence-electron chi connectivity index (χ3n) is 5.75. The third-order valence-corrected chi connectivity index (χ3v) is 7.62. The van der Waals surface area contributed by atoms with Crippen LogP contribution in [-0.4, -0.2) is 41.3 Å². The Labute approximate surface area is 206 Å². The van der Waals surface area contributed by atoms with Gasteiger partial charge in [0, 0.05) is 30.7 Å². The highest BCUT2D eigenvalue weighted by Crippen LogP contribution is 2.49. The van der Waals surface area contributed by atoms with Crippen LogP contribution in [0.25, 0.3) is 0 Å². The van der Waals surface area contributed by atoms with Crippen molar-refractivity contribution in [3.8, 4) is 23.1 Å². The molecular formula is C24H25N3O5S2. The Balaban J connectivity index is 1.94. The number of aliphatic imine (C=N–C) groups is 1. The lowest BCUT2D eigenvalue weighted by Gasteiger charge is -2.20. The zero-order valence-electron chi connectivity index (χ0n) is 19.5. The number of rotatable bonds is 5. The van der Waals surface area contributed by atoms with Crippen molar-refractivity contribution < 1.29 is 19.3 Å². The summed E-state index contributed by atoms with van der Waals surface area (Å²) in [7, 11) is 7.91. The number of ether oxygens (including phenoxy) is 3. The molecule has 4 rings (SSSR count). The summed E-state index contributed by atoms with van der Waals surface area (Å²) in [6.45, 7) is 0. The van der Waals surface area contributed by atoms with Gasteiger partial charge in [-0.3, -0.25) is 18.9 Å². The van der Waals surface area contributed by atoms with E-state index in [1.807, 2.05) is 36.4 Å². The van der Waals surface area contributed by atoms with Gasteiger partial charge in [0.25, 0.3) is 5.56 Å². The zero-order valence-corrected chi connectivity index (χ0v) is 21.1. The highest BCUT2D eigenvalue weighted by atomic mass is 32.2. The number of benzene rings is 2. The standard InChI is InChI=1S/C24H25N3O5S2/c1-26-22(28)20(23(29)27(2)24(26)33)15-12-19(34-18-9-7-6-8-14(18)25-15)13-10-16(30-3)21(32-5)17(11-13)31-4/h6-11,19,28H,12H2,1-5H3. The molecule has 2 aromatic carbocycles. The quantitative estimate of drug-likeness (QED) is 0.516. The van der Waals surface area contributed by atoms with Gasteiger partial charge in [-0.15, -0.1) is 11.8 Å². The van der Waals surface area contributed by atoms with E-state index in [0.29, 0.717) is 29.4 Å². The monoisotopic (exact) mass is 499 g/mol. The van der Waals surface area contributed by atoms with Crippen molar-refractivity contribution in [1.82, 2.24) is 9.13 Å². The lowest BCUT2D eigenvalue weighted by Crippen LogP contribution is -2.29. The lowest BCUT2D eigenvalue weighted by atomic mass is 10.0. The largest absolute Gasteiger partial charge is 0.494 e. The molecule has 8 nitrogen and oxygen atoms in total. The number of nitrogens with zero attached hydrogens (tertiary/aromatic N) is 3. The molecule has 0 radical (unpaired) electrons. The van der Waals surface area contributed by atoms with Gasteiger partial charge in [0.05, 0.1) is 32.7 Å². The molecule has 0 bridgehead atoms. The van der Waals surface area contributed by atoms with Crippen molar-refractivity contribution in [1.29, 1.82) is 0 Å². The van der Waals surface area contributed by atoms with Crippen LogP contribution in [0.3, 0.4) is 0 Å². The number of hydrogen-bond acceptors (Lipinski definition) is 8. The summed E-state index contributed by atoms with van der Waals surface area (Å²) >= 11 is 6.90. The van der Waals surface area contributed by atoms with Crippen LogP contribution in [0.4, 0.5) is 5.69 Å². The maximum atomic E-state index is 13.2. The average molecular weight is 500 g/mol. The summed E-state index contributed by atoms with van der Waals surface area (Å²) in [5.74, 6) is 1.37. The average Bonchev–Trinajstić information content (AvgIpc) is 3.05. The molecule has 3 aromatic rings. The van der Waals surface area contributed by atoms with Gasteiger partial charge in [0.15, 0.2) is 16.3 Å². The maximum absolute atomic E-state index is 13.2. The molecule has 0 amide bonds. The van der Waals surface area contributed by atoms with E-state index in [-0.39, 0.29) is 21.5 Å². The molecule has 0 saturated heterocycles. The van der Waals surface area contributed by atoms with Crippen molar-refractivity contribution >= 4 is 35.4 Å². The Morgan fingerprint density at radius 2 is 1.71 bits per heavy atom. The van der Waals surface area contributed by atoms with Crippen molar-refractivity contribution in [2.75, 3.05) is 21.3 Å². The van der Waals surface area contributed by atoms with Crippen LogP contribution >= 0.6 is 24.0 Å². The molecule has 2 heterocycles. The minimum Gasteiger partial charge on any atom is -0.494 e. The van der Waals surface area contributed by atoms with Crippen molar-refractivity contribution in [3.63, 3.8) is 0 Å². The Kier molecular flexibility index (Phi) is 6.72. The van der Waals surface area contributed by atoms with E-state index in [1.54, 1.807) is 47.2 Å². The second kappa shape index (κ2) is 9.55. The number of para-hydroxylation sites is 1. The highest BCUT2D eigenvalue weighted by molar-refractivity contribution is 7.99. The molecule has 10 heteroatoms. The van der Waals surface area contributed by atoms with Crippen LogP contribution < -0.4 is 19.8 Å². The summed E-state index contributed by atoms with van der Waals surface area (Å²) in [4.78, 5) is 19.0. The van der Waals surface area contributed by atoms with Crippen molar-refractivity contribution in [2.45, 2.75) is 16.6 Å². The first kappa shape index (κ1) is 23.9. The highest BCUT2D eigenvalue weighted by Gasteiger charge is 2.28. The summed E-state index contributed by atoms with van der Waals surface area (Å²) in [5, 5.41) is 10.7. The minimum absolute atomic E-state index is 0.133. The predicted molar refractivity (Wildman–Crippen MR) is 135 cm³/mol. The fraction of sp³-hybridized carbons (Fsp3) is 0.292. The second-order valence-electron chi connectivity index (χ2n) is 7.70. The molecule has 178 valence electrons. The van der Waals surface area contributed by atoms with Crippen LogP contribution in [0.5, 0.6) is 23.1 Å². The summed E-state index contributed by atoms with van der Waals surface area (Å²) in [5.41, 5.74) is 1.84. The van der Waals surface area contributed by atoms with Crippen LogP contribution in [0.2, 0.25) is 0 Å². The molecule has 1 unspecified atom stereocenters.